The van der Waals surface area contributed by atoms with E-state index >= 15 is 0 Å². The number of methoxy groups -OCH3 is 2. The number of aromatic amines is 1. The molecule has 0 saturated carbocycles. The van der Waals surface area contributed by atoms with E-state index in [0.29, 0.717) is 62.8 Å². The SMILES string of the molecule is COc1ccc(CN2C[C@@H]3C(=O)NCCCN(C(=O)c4ccc5nc[nH]c5c4)CCOc4cccc(c4)[C@H]3C2)cc1OC. The van der Waals surface area contributed by atoms with Crippen LogP contribution in [0.25, 0.3) is 11.0 Å². The fraction of sp³-hybridized carbons (Fsp3) is 0.364. The minimum Gasteiger partial charge on any atom is -0.493 e. The largest absolute Gasteiger partial charge is 0.493 e. The first kappa shape index (κ1) is 28.5. The smallest absolute Gasteiger partial charge is 0.254 e. The van der Waals surface area contributed by atoms with Gasteiger partial charge in [0.1, 0.15) is 12.4 Å². The van der Waals surface area contributed by atoms with Gasteiger partial charge in [0, 0.05) is 44.2 Å². The normalized spacial score (nSPS) is 19.7. The Hall–Kier alpha value is -4.57. The topological polar surface area (TPSA) is 109 Å². The predicted molar refractivity (Wildman–Crippen MR) is 163 cm³/mol. The highest BCUT2D eigenvalue weighted by atomic mass is 16.5. The molecule has 2 aliphatic rings. The van der Waals surface area contributed by atoms with Crippen LogP contribution in [0.15, 0.2) is 67.0 Å². The van der Waals surface area contributed by atoms with Crippen LogP contribution in [0.1, 0.15) is 33.8 Å². The number of benzene rings is 3. The summed E-state index contributed by atoms with van der Waals surface area (Å²) in [5.74, 6) is 1.89. The number of nitrogens with zero attached hydrogens (tertiary/aromatic N) is 3. The van der Waals surface area contributed by atoms with Crippen molar-refractivity contribution in [3.8, 4) is 17.2 Å². The van der Waals surface area contributed by atoms with E-state index in [1.54, 1.807) is 31.5 Å². The first-order valence-electron chi connectivity index (χ1n) is 14.7. The molecule has 2 amide bonds. The van der Waals surface area contributed by atoms with Crippen molar-refractivity contribution < 1.29 is 23.8 Å². The van der Waals surface area contributed by atoms with Crippen molar-refractivity contribution in [1.29, 1.82) is 0 Å². The van der Waals surface area contributed by atoms with Gasteiger partial charge < -0.3 is 29.4 Å². The van der Waals surface area contributed by atoms with Gasteiger partial charge in [-0.15, -0.1) is 0 Å². The number of fused-ring (bicyclic) bond motifs is 5. The van der Waals surface area contributed by atoms with Crippen LogP contribution in [-0.2, 0) is 11.3 Å². The first-order valence-corrected chi connectivity index (χ1v) is 14.7. The molecule has 2 aliphatic heterocycles. The highest BCUT2D eigenvalue weighted by Gasteiger charge is 2.38. The highest BCUT2D eigenvalue weighted by molar-refractivity contribution is 5.97. The maximum Gasteiger partial charge on any atom is 0.254 e. The summed E-state index contributed by atoms with van der Waals surface area (Å²) in [5, 5.41) is 3.17. The van der Waals surface area contributed by atoms with Gasteiger partial charge in [-0.3, -0.25) is 14.5 Å². The first-order chi connectivity index (χ1) is 21.0. The Morgan fingerprint density at radius 3 is 2.72 bits per heavy atom. The number of hydrogen-bond acceptors (Lipinski definition) is 7. The summed E-state index contributed by atoms with van der Waals surface area (Å²) in [5.41, 5.74) is 4.39. The lowest BCUT2D eigenvalue weighted by molar-refractivity contribution is -0.125. The van der Waals surface area contributed by atoms with Gasteiger partial charge in [0.2, 0.25) is 5.91 Å². The van der Waals surface area contributed by atoms with E-state index in [9.17, 15) is 9.59 Å². The lowest BCUT2D eigenvalue weighted by atomic mass is 9.88. The fourth-order valence-corrected chi connectivity index (χ4v) is 6.14. The van der Waals surface area contributed by atoms with Gasteiger partial charge >= 0.3 is 0 Å². The van der Waals surface area contributed by atoms with E-state index < -0.39 is 0 Å². The average Bonchev–Trinajstić information content (AvgIpc) is 3.68. The van der Waals surface area contributed by atoms with Crippen LogP contribution in [0.5, 0.6) is 17.2 Å². The lowest BCUT2D eigenvalue weighted by Gasteiger charge is -2.25. The second-order valence-electron chi connectivity index (χ2n) is 11.1. The molecule has 0 unspecified atom stereocenters. The number of likely N-dealkylation sites (tertiary alicyclic amines) is 1. The molecule has 2 N–H and O–H groups in total. The van der Waals surface area contributed by atoms with Crippen LogP contribution in [0, 0.1) is 5.92 Å². The van der Waals surface area contributed by atoms with Gasteiger partial charge in [0.15, 0.2) is 11.5 Å². The fourth-order valence-electron chi connectivity index (χ4n) is 6.14. The third-order valence-corrected chi connectivity index (χ3v) is 8.36. The lowest BCUT2D eigenvalue weighted by Crippen LogP contribution is -2.39. The van der Waals surface area contributed by atoms with Crippen molar-refractivity contribution in [1.82, 2.24) is 25.1 Å². The summed E-state index contributed by atoms with van der Waals surface area (Å²) >= 11 is 0. The van der Waals surface area contributed by atoms with Gasteiger partial charge in [0.25, 0.3) is 5.91 Å². The Morgan fingerprint density at radius 1 is 1.00 bits per heavy atom. The third-order valence-electron chi connectivity index (χ3n) is 8.36. The van der Waals surface area contributed by atoms with E-state index in [1.807, 2.05) is 48.5 Å². The molecule has 10 nitrogen and oxygen atoms in total. The second-order valence-corrected chi connectivity index (χ2v) is 11.1. The Bertz CT molecular complexity index is 1600. The van der Waals surface area contributed by atoms with Crippen LogP contribution in [0.3, 0.4) is 0 Å². The summed E-state index contributed by atoms with van der Waals surface area (Å²) < 4.78 is 17.1. The molecule has 3 heterocycles. The van der Waals surface area contributed by atoms with Crippen molar-refractivity contribution >= 4 is 22.8 Å². The van der Waals surface area contributed by atoms with Crippen molar-refractivity contribution in [3.05, 3.63) is 83.7 Å². The molecule has 43 heavy (non-hydrogen) atoms. The molecular weight excluding hydrogens is 546 g/mol. The number of ether oxygens (including phenoxy) is 3. The standard InChI is InChI=1S/C33H37N5O5/c1-41-30-10-7-22(15-31(30)42-2)18-37-19-26-23-5-3-6-25(16-23)43-14-13-38(12-4-11-34-32(39)27(26)20-37)33(40)24-8-9-28-29(17-24)36-21-35-28/h3,5-10,15-17,21,26-27H,4,11-14,18-20H2,1-2H3,(H,34,39)(H,35,36)/t26-,27+/m1/s1. The van der Waals surface area contributed by atoms with E-state index in [0.717, 1.165) is 34.5 Å². The third kappa shape index (κ3) is 6.29. The Balaban J connectivity index is 1.18. The molecule has 1 saturated heterocycles. The summed E-state index contributed by atoms with van der Waals surface area (Å²) in [6.45, 7) is 3.87. The van der Waals surface area contributed by atoms with Crippen LogP contribution >= 0.6 is 0 Å². The van der Waals surface area contributed by atoms with Crippen molar-refractivity contribution in [2.45, 2.75) is 18.9 Å². The number of hydrogen-bond donors (Lipinski definition) is 2. The summed E-state index contributed by atoms with van der Waals surface area (Å²) in [6.07, 6.45) is 2.26. The molecule has 1 aromatic heterocycles. The van der Waals surface area contributed by atoms with Crippen molar-refractivity contribution in [2.75, 3.05) is 53.6 Å². The zero-order valence-electron chi connectivity index (χ0n) is 24.5. The number of H-pyrrole nitrogens is 1. The maximum absolute atomic E-state index is 13.6. The van der Waals surface area contributed by atoms with Crippen molar-refractivity contribution in [3.63, 3.8) is 0 Å². The van der Waals surface area contributed by atoms with E-state index in [-0.39, 0.29) is 23.7 Å². The number of amides is 2. The molecule has 10 heteroatoms. The molecule has 0 spiro atoms. The van der Waals surface area contributed by atoms with Gasteiger partial charge in [-0.2, -0.15) is 0 Å². The van der Waals surface area contributed by atoms with Crippen LogP contribution in [0.4, 0.5) is 0 Å². The van der Waals surface area contributed by atoms with E-state index in [4.69, 9.17) is 14.2 Å². The van der Waals surface area contributed by atoms with Gasteiger partial charge in [-0.05, 0) is 60.0 Å². The van der Waals surface area contributed by atoms with E-state index in [2.05, 4.69) is 26.3 Å². The Morgan fingerprint density at radius 2 is 1.86 bits per heavy atom. The molecule has 224 valence electrons. The number of imidazole rings is 1. The number of nitrogens with one attached hydrogen (secondary N) is 2. The molecule has 2 atom stereocenters. The van der Waals surface area contributed by atoms with Crippen LogP contribution < -0.4 is 19.5 Å². The molecule has 6 rings (SSSR count). The number of carbonyl (C=O) groups excluding carboxylic acids is 2. The minimum absolute atomic E-state index is 0.0297. The minimum atomic E-state index is -0.211. The Kier molecular flexibility index (Phi) is 8.46. The highest BCUT2D eigenvalue weighted by Crippen LogP contribution is 2.36. The second kappa shape index (κ2) is 12.7. The average molecular weight is 584 g/mol. The number of aromatic nitrogens is 2. The molecule has 4 aromatic rings. The Labute approximate surface area is 250 Å². The number of carbonyl (C=O) groups is 2. The molecule has 0 radical (unpaired) electrons. The van der Waals surface area contributed by atoms with Crippen LogP contribution in [-0.4, -0.2) is 85.1 Å². The summed E-state index contributed by atoms with van der Waals surface area (Å²) in [6, 6.07) is 19.4. The maximum atomic E-state index is 13.6. The quantitative estimate of drug-likeness (QED) is 0.368. The summed E-state index contributed by atoms with van der Waals surface area (Å²) in [7, 11) is 3.26. The molecule has 2 bridgehead atoms. The molecule has 1 fully saturated rings. The van der Waals surface area contributed by atoms with E-state index in [1.165, 1.54) is 0 Å². The zero-order valence-corrected chi connectivity index (χ0v) is 24.5. The van der Waals surface area contributed by atoms with Crippen LogP contribution in [0.2, 0.25) is 0 Å². The van der Waals surface area contributed by atoms with Gasteiger partial charge in [-0.25, -0.2) is 4.98 Å². The molecule has 3 aromatic carbocycles. The number of rotatable bonds is 5. The predicted octanol–water partition coefficient (Wildman–Crippen LogP) is 3.84. The summed E-state index contributed by atoms with van der Waals surface area (Å²) in [4.78, 5) is 38.5. The van der Waals surface area contributed by atoms with Crippen molar-refractivity contribution in [2.24, 2.45) is 5.92 Å². The molecule has 0 aliphatic carbocycles. The zero-order chi connectivity index (χ0) is 29.8. The monoisotopic (exact) mass is 583 g/mol. The molecular formula is C33H37N5O5. The van der Waals surface area contributed by atoms with Gasteiger partial charge in [-0.1, -0.05) is 18.2 Å². The van der Waals surface area contributed by atoms with Gasteiger partial charge in [0.05, 0.1) is 44.0 Å².